The van der Waals surface area contributed by atoms with Crippen LogP contribution in [0.3, 0.4) is 0 Å². The first-order chi connectivity index (χ1) is 32.8. The van der Waals surface area contributed by atoms with E-state index in [1.54, 1.807) is 0 Å². The van der Waals surface area contributed by atoms with E-state index in [9.17, 15) is 0 Å². The Kier molecular flexibility index (Phi) is 11.1. The molecule has 1 aromatic heterocycles. The number of rotatable bonds is 8. The molecule has 0 saturated heterocycles. The fourth-order valence-corrected chi connectivity index (χ4v) is 15.5. The molecule has 6 aromatic rings. The standard InChI is InChI=1S/C65H72N2S2/c1-14-39(4)54(34-42-37-62(6,7)30-31-63(42,8)9)67-53-27-26-44-47-35-51(64(10,11)29-28-38(2)3)40(5)32-56(47)68-59(44)61(53)69-60-55(67)36-46-43-21-16-15-20-41(43)33-48(46)57(60)45-22-19-24-50-58(45)66-52-25-18-17-23-49(52)65(50,12)13/h14-18,20-23,25-27,32,34-36,38,66H,1,19,24,28-31,33,37H2,2-13H3/b42-34+,54-39+. The van der Waals surface area contributed by atoms with Gasteiger partial charge in [0.2, 0.25) is 0 Å². The van der Waals surface area contributed by atoms with Crippen molar-refractivity contribution in [2.45, 2.75) is 155 Å². The molecule has 0 radical (unpaired) electrons. The van der Waals surface area contributed by atoms with Crippen LogP contribution in [0.25, 0.3) is 36.9 Å². The Bertz CT molecular complexity index is 3300. The summed E-state index contributed by atoms with van der Waals surface area (Å²) >= 11 is 4.03. The molecule has 1 N–H and O–H groups in total. The predicted octanol–water partition coefficient (Wildman–Crippen LogP) is 19.7. The molecule has 1 fully saturated rings. The minimum Gasteiger partial charge on any atom is -0.355 e. The van der Waals surface area contributed by atoms with E-state index < -0.39 is 0 Å². The van der Waals surface area contributed by atoms with Crippen molar-refractivity contribution in [1.82, 2.24) is 0 Å². The van der Waals surface area contributed by atoms with Gasteiger partial charge < -0.3 is 10.2 Å². The van der Waals surface area contributed by atoms with Gasteiger partial charge in [-0.15, -0.1) is 11.3 Å². The van der Waals surface area contributed by atoms with Crippen LogP contribution in [-0.4, -0.2) is 0 Å². The summed E-state index contributed by atoms with van der Waals surface area (Å²) in [6.07, 6.45) is 16.2. The lowest BCUT2D eigenvalue weighted by molar-refractivity contribution is 0.199. The van der Waals surface area contributed by atoms with Crippen molar-refractivity contribution in [2.75, 3.05) is 10.2 Å². The highest BCUT2D eigenvalue weighted by atomic mass is 32.2. The first-order valence-electron chi connectivity index (χ1n) is 25.9. The molecule has 11 rings (SSSR count). The normalized spacial score (nSPS) is 19.6. The Morgan fingerprint density at radius 2 is 1.65 bits per heavy atom. The fourth-order valence-electron chi connectivity index (χ4n) is 12.7. The second kappa shape index (κ2) is 16.5. The zero-order valence-corrected chi connectivity index (χ0v) is 45.1. The number of aryl methyl sites for hydroxylation is 1. The number of para-hydroxylation sites is 1. The van der Waals surface area contributed by atoms with Gasteiger partial charge in [-0.1, -0.05) is 160 Å². The first kappa shape index (κ1) is 46.4. The average Bonchev–Trinajstić information content (AvgIpc) is 3.87. The maximum Gasteiger partial charge on any atom is 0.0616 e. The summed E-state index contributed by atoms with van der Waals surface area (Å²) in [7, 11) is 0. The minimum absolute atomic E-state index is 0.0833. The number of thiophene rings is 1. The summed E-state index contributed by atoms with van der Waals surface area (Å²) in [6.45, 7) is 33.6. The molecule has 354 valence electrons. The summed E-state index contributed by atoms with van der Waals surface area (Å²) in [4.78, 5) is 5.41. The predicted molar refractivity (Wildman–Crippen MR) is 302 cm³/mol. The van der Waals surface area contributed by atoms with Gasteiger partial charge in [-0.2, -0.15) is 0 Å². The van der Waals surface area contributed by atoms with E-state index in [2.05, 4.69) is 197 Å². The van der Waals surface area contributed by atoms with Crippen molar-refractivity contribution >= 4 is 65.9 Å². The molecule has 0 spiro atoms. The van der Waals surface area contributed by atoms with Gasteiger partial charge in [0.25, 0.3) is 0 Å². The van der Waals surface area contributed by atoms with Gasteiger partial charge in [-0.3, -0.25) is 0 Å². The first-order valence-corrected chi connectivity index (χ1v) is 27.5. The van der Waals surface area contributed by atoms with Crippen LogP contribution in [0.2, 0.25) is 0 Å². The van der Waals surface area contributed by atoms with Crippen LogP contribution in [-0.2, 0) is 17.3 Å². The summed E-state index contributed by atoms with van der Waals surface area (Å²) in [5, 5.41) is 6.88. The number of benzene rings is 5. The molecule has 0 unspecified atom stereocenters. The molecule has 0 atom stereocenters. The number of hydrogen-bond donors (Lipinski definition) is 1. The highest BCUT2D eigenvalue weighted by molar-refractivity contribution is 8.00. The second-order valence-electron chi connectivity index (χ2n) is 24.2. The fraction of sp³-hybridized carbons (Fsp3) is 0.385. The molecule has 4 heteroatoms. The molecule has 3 heterocycles. The number of anilines is 3. The second-order valence-corrected chi connectivity index (χ2v) is 26.3. The molecule has 3 aliphatic carbocycles. The van der Waals surface area contributed by atoms with Crippen molar-refractivity contribution in [3.8, 4) is 11.1 Å². The van der Waals surface area contributed by atoms with Crippen molar-refractivity contribution in [3.63, 3.8) is 0 Å². The third-order valence-electron chi connectivity index (χ3n) is 17.1. The molecule has 5 aliphatic rings. The number of nitrogens with one attached hydrogen (secondary N) is 1. The highest BCUT2D eigenvalue weighted by Crippen LogP contribution is 2.62. The molecule has 5 aromatic carbocycles. The van der Waals surface area contributed by atoms with Crippen LogP contribution >= 0.6 is 23.1 Å². The Morgan fingerprint density at radius 3 is 2.43 bits per heavy atom. The van der Waals surface area contributed by atoms with E-state index in [1.165, 1.54) is 151 Å². The van der Waals surface area contributed by atoms with Gasteiger partial charge in [-0.25, -0.2) is 0 Å². The lowest BCUT2D eigenvalue weighted by atomic mass is 9.63. The largest absolute Gasteiger partial charge is 0.355 e. The topological polar surface area (TPSA) is 15.3 Å². The lowest BCUT2D eigenvalue weighted by Crippen LogP contribution is -2.31. The summed E-state index contributed by atoms with van der Waals surface area (Å²) in [6, 6.07) is 30.8. The molecular weight excluding hydrogens is 873 g/mol. The van der Waals surface area contributed by atoms with Gasteiger partial charge in [-0.05, 0) is 167 Å². The number of allylic oxidation sites excluding steroid dienone is 7. The monoisotopic (exact) mass is 945 g/mol. The van der Waals surface area contributed by atoms with Crippen molar-refractivity contribution in [2.24, 2.45) is 16.7 Å². The number of hydrogen-bond acceptors (Lipinski definition) is 4. The van der Waals surface area contributed by atoms with Crippen LogP contribution in [0.15, 0.2) is 142 Å². The van der Waals surface area contributed by atoms with E-state index in [0.29, 0.717) is 5.92 Å². The van der Waals surface area contributed by atoms with Crippen LogP contribution < -0.4 is 10.2 Å². The molecule has 2 nitrogen and oxygen atoms in total. The van der Waals surface area contributed by atoms with Crippen LogP contribution in [0.1, 0.15) is 154 Å². The van der Waals surface area contributed by atoms with Crippen molar-refractivity contribution in [3.05, 3.63) is 165 Å². The van der Waals surface area contributed by atoms with E-state index in [0.717, 1.165) is 25.7 Å². The van der Waals surface area contributed by atoms with Gasteiger partial charge in [0, 0.05) is 54.0 Å². The van der Waals surface area contributed by atoms with E-state index in [1.807, 2.05) is 23.1 Å². The third-order valence-corrected chi connectivity index (χ3v) is 19.7. The SMILES string of the molecule is C=C/C(C)=C(\C=C1/CC(C)(C)CCC1(C)C)N1c2cc3c(c(C4=CCCC5=C4Nc4ccccc4C5(C)C)c2Sc2c1ccc1c2sc2cc(C)c(C(C)(C)CCC(C)C)cc21)Cc1ccccc1-3. The van der Waals surface area contributed by atoms with Crippen molar-refractivity contribution in [1.29, 1.82) is 0 Å². The summed E-state index contributed by atoms with van der Waals surface area (Å²) in [5.41, 5.74) is 23.5. The zero-order chi connectivity index (χ0) is 48.5. The lowest BCUT2D eigenvalue weighted by Gasteiger charge is -2.43. The Hall–Kier alpha value is -5.03. The number of fused-ring (bicyclic) bond motifs is 10. The zero-order valence-electron chi connectivity index (χ0n) is 43.4. The average molecular weight is 945 g/mol. The summed E-state index contributed by atoms with van der Waals surface area (Å²) < 4.78 is 2.77. The van der Waals surface area contributed by atoms with Gasteiger partial charge in [0.05, 0.1) is 21.0 Å². The summed E-state index contributed by atoms with van der Waals surface area (Å²) in [5.74, 6) is 0.684. The Balaban J connectivity index is 1.21. The van der Waals surface area contributed by atoms with Crippen LogP contribution in [0.4, 0.5) is 17.1 Å². The Labute approximate surface area is 421 Å². The van der Waals surface area contributed by atoms with Crippen LogP contribution in [0, 0.1) is 23.7 Å². The quantitative estimate of drug-likeness (QED) is 0.153. The highest BCUT2D eigenvalue weighted by Gasteiger charge is 2.42. The minimum atomic E-state index is -0.100. The van der Waals surface area contributed by atoms with E-state index >= 15 is 0 Å². The maximum absolute atomic E-state index is 4.50. The van der Waals surface area contributed by atoms with E-state index in [4.69, 9.17) is 0 Å². The van der Waals surface area contributed by atoms with Gasteiger partial charge in [0.1, 0.15) is 0 Å². The number of nitrogens with zero attached hydrogens (tertiary/aromatic N) is 1. The van der Waals surface area contributed by atoms with E-state index in [-0.39, 0.29) is 21.7 Å². The maximum atomic E-state index is 4.50. The molecule has 0 amide bonds. The van der Waals surface area contributed by atoms with Gasteiger partial charge in [0.15, 0.2) is 0 Å². The third kappa shape index (κ3) is 7.56. The molecule has 0 bridgehead atoms. The smallest absolute Gasteiger partial charge is 0.0616 e. The van der Waals surface area contributed by atoms with Crippen LogP contribution in [0.5, 0.6) is 0 Å². The van der Waals surface area contributed by atoms with Gasteiger partial charge >= 0.3 is 0 Å². The molecule has 1 saturated carbocycles. The Morgan fingerprint density at radius 1 is 0.884 bits per heavy atom. The molecule has 69 heavy (non-hydrogen) atoms. The molecular formula is C65H72N2S2. The molecule has 2 aliphatic heterocycles. The van der Waals surface area contributed by atoms with Crippen molar-refractivity contribution < 1.29 is 0 Å².